The second kappa shape index (κ2) is 8.14. The van der Waals surface area contributed by atoms with Crippen molar-refractivity contribution in [1.29, 1.82) is 0 Å². The second-order valence-corrected chi connectivity index (χ2v) is 6.96. The Bertz CT molecular complexity index is 554. The monoisotopic (exact) mass is 348 g/mol. The molecule has 1 aromatic rings. The molecule has 0 aromatic carbocycles. The first-order valence-electron chi connectivity index (χ1n) is 9.57. The third-order valence-electron chi connectivity index (χ3n) is 5.21. The zero-order chi connectivity index (χ0) is 16.9. The van der Waals surface area contributed by atoms with E-state index in [1.54, 1.807) is 0 Å². The highest BCUT2D eigenvalue weighted by molar-refractivity contribution is 5.63. The van der Waals surface area contributed by atoms with Crippen LogP contribution in [0.3, 0.4) is 0 Å². The van der Waals surface area contributed by atoms with Crippen molar-refractivity contribution >= 4 is 17.6 Å². The Morgan fingerprint density at radius 3 is 2.00 bits per heavy atom. The quantitative estimate of drug-likeness (QED) is 0.872. The van der Waals surface area contributed by atoms with Crippen molar-refractivity contribution in [3.05, 3.63) is 0 Å². The molecule has 3 fully saturated rings. The third kappa shape index (κ3) is 4.12. The van der Waals surface area contributed by atoms with Crippen LogP contribution in [0, 0.1) is 0 Å². The van der Waals surface area contributed by atoms with E-state index in [0.717, 1.165) is 64.2 Å². The SMILES string of the molecule is C1CCC(Nc2nnc(N3CCOCC3)c(N3CCOCC3)n2)CC1. The Labute approximate surface area is 148 Å². The number of ether oxygens (including phenoxy) is 2. The van der Waals surface area contributed by atoms with E-state index >= 15 is 0 Å². The van der Waals surface area contributed by atoms with Gasteiger partial charge in [0.15, 0.2) is 11.6 Å². The lowest BCUT2D eigenvalue weighted by molar-refractivity contribution is 0.120. The zero-order valence-electron chi connectivity index (χ0n) is 14.8. The van der Waals surface area contributed by atoms with Crippen molar-refractivity contribution in [2.75, 3.05) is 67.7 Å². The Morgan fingerprint density at radius 1 is 0.760 bits per heavy atom. The molecule has 3 heterocycles. The number of hydrogen-bond donors (Lipinski definition) is 1. The van der Waals surface area contributed by atoms with Crippen LogP contribution in [0.15, 0.2) is 0 Å². The second-order valence-electron chi connectivity index (χ2n) is 6.96. The maximum atomic E-state index is 5.50. The van der Waals surface area contributed by atoms with Crippen molar-refractivity contribution in [2.24, 2.45) is 0 Å². The molecule has 138 valence electrons. The number of nitrogens with one attached hydrogen (secondary N) is 1. The molecule has 8 heteroatoms. The lowest BCUT2D eigenvalue weighted by Gasteiger charge is -2.34. The van der Waals surface area contributed by atoms with Crippen molar-refractivity contribution < 1.29 is 9.47 Å². The summed E-state index contributed by atoms with van der Waals surface area (Å²) in [6, 6.07) is 0.474. The highest BCUT2D eigenvalue weighted by Crippen LogP contribution is 2.28. The molecule has 0 amide bonds. The van der Waals surface area contributed by atoms with Gasteiger partial charge < -0.3 is 24.6 Å². The van der Waals surface area contributed by atoms with Crippen LogP contribution in [0.5, 0.6) is 0 Å². The normalized spacial score (nSPS) is 22.9. The molecule has 1 saturated carbocycles. The Kier molecular flexibility index (Phi) is 5.46. The average molecular weight is 348 g/mol. The molecular weight excluding hydrogens is 320 g/mol. The summed E-state index contributed by atoms with van der Waals surface area (Å²) >= 11 is 0. The van der Waals surface area contributed by atoms with E-state index in [1.165, 1.54) is 32.1 Å². The number of morpholine rings is 2. The van der Waals surface area contributed by atoms with Crippen molar-refractivity contribution in [1.82, 2.24) is 15.2 Å². The number of aromatic nitrogens is 3. The van der Waals surface area contributed by atoms with Gasteiger partial charge in [0.2, 0.25) is 5.95 Å². The Morgan fingerprint density at radius 2 is 1.36 bits per heavy atom. The summed E-state index contributed by atoms with van der Waals surface area (Å²) in [7, 11) is 0. The lowest BCUT2D eigenvalue weighted by atomic mass is 9.96. The molecule has 1 aromatic heterocycles. The molecule has 3 aliphatic rings. The molecule has 25 heavy (non-hydrogen) atoms. The van der Waals surface area contributed by atoms with Crippen LogP contribution in [0.25, 0.3) is 0 Å². The summed E-state index contributed by atoms with van der Waals surface area (Å²) in [4.78, 5) is 9.38. The summed E-state index contributed by atoms with van der Waals surface area (Å²) in [6.45, 7) is 6.29. The van der Waals surface area contributed by atoms with E-state index in [1.807, 2.05) is 0 Å². The van der Waals surface area contributed by atoms with Gasteiger partial charge in [0.1, 0.15) is 0 Å². The first-order valence-corrected chi connectivity index (χ1v) is 9.57. The van der Waals surface area contributed by atoms with Crippen LogP contribution >= 0.6 is 0 Å². The lowest BCUT2D eigenvalue weighted by Crippen LogP contribution is -2.41. The minimum absolute atomic E-state index is 0.474. The van der Waals surface area contributed by atoms with E-state index < -0.39 is 0 Å². The summed E-state index contributed by atoms with van der Waals surface area (Å²) < 4.78 is 11.0. The molecule has 4 rings (SSSR count). The summed E-state index contributed by atoms with van der Waals surface area (Å²) in [5, 5.41) is 12.5. The van der Waals surface area contributed by atoms with Crippen molar-refractivity contribution in [2.45, 2.75) is 38.1 Å². The molecule has 0 radical (unpaired) electrons. The molecule has 1 aliphatic carbocycles. The molecular formula is C17H28N6O2. The first-order chi connectivity index (χ1) is 12.4. The molecule has 8 nitrogen and oxygen atoms in total. The van der Waals surface area contributed by atoms with Gasteiger partial charge in [0, 0.05) is 32.2 Å². The minimum atomic E-state index is 0.474. The van der Waals surface area contributed by atoms with Crippen LogP contribution in [-0.2, 0) is 9.47 Å². The average Bonchev–Trinajstić information content (AvgIpc) is 2.70. The van der Waals surface area contributed by atoms with Crippen molar-refractivity contribution in [3.63, 3.8) is 0 Å². The van der Waals surface area contributed by atoms with Gasteiger partial charge in [0.25, 0.3) is 0 Å². The molecule has 0 bridgehead atoms. The highest BCUT2D eigenvalue weighted by Gasteiger charge is 2.25. The molecule has 0 atom stereocenters. The van der Waals surface area contributed by atoms with E-state index in [0.29, 0.717) is 12.0 Å². The fraction of sp³-hybridized carbons (Fsp3) is 0.824. The fourth-order valence-corrected chi connectivity index (χ4v) is 3.77. The maximum absolute atomic E-state index is 5.50. The number of anilines is 3. The van der Waals surface area contributed by atoms with Gasteiger partial charge in [-0.15, -0.1) is 10.2 Å². The van der Waals surface area contributed by atoms with Crippen LogP contribution in [0.2, 0.25) is 0 Å². The van der Waals surface area contributed by atoms with Gasteiger partial charge in [-0.25, -0.2) is 0 Å². The molecule has 2 aliphatic heterocycles. The molecule has 0 spiro atoms. The van der Waals surface area contributed by atoms with E-state index in [4.69, 9.17) is 14.5 Å². The Hall–Kier alpha value is -1.67. The smallest absolute Gasteiger partial charge is 0.245 e. The van der Waals surface area contributed by atoms with Crippen LogP contribution in [-0.4, -0.2) is 73.8 Å². The van der Waals surface area contributed by atoms with Gasteiger partial charge in [0.05, 0.1) is 26.4 Å². The number of rotatable bonds is 4. The van der Waals surface area contributed by atoms with E-state index in [9.17, 15) is 0 Å². The van der Waals surface area contributed by atoms with Crippen molar-refractivity contribution in [3.8, 4) is 0 Å². The van der Waals surface area contributed by atoms with Gasteiger partial charge in [-0.3, -0.25) is 0 Å². The highest BCUT2D eigenvalue weighted by atomic mass is 16.5. The fourth-order valence-electron chi connectivity index (χ4n) is 3.77. The van der Waals surface area contributed by atoms with Gasteiger partial charge in [-0.2, -0.15) is 4.98 Å². The van der Waals surface area contributed by atoms with Crippen LogP contribution in [0.4, 0.5) is 17.6 Å². The topological polar surface area (TPSA) is 75.6 Å². The summed E-state index contributed by atoms with van der Waals surface area (Å²) in [6.07, 6.45) is 6.30. The van der Waals surface area contributed by atoms with Crippen LogP contribution in [0.1, 0.15) is 32.1 Å². The summed E-state index contributed by atoms with van der Waals surface area (Å²) in [5.41, 5.74) is 0. The Balaban J connectivity index is 1.56. The minimum Gasteiger partial charge on any atom is -0.378 e. The zero-order valence-corrected chi connectivity index (χ0v) is 14.8. The van der Waals surface area contributed by atoms with E-state index in [-0.39, 0.29) is 0 Å². The van der Waals surface area contributed by atoms with Gasteiger partial charge >= 0.3 is 0 Å². The van der Waals surface area contributed by atoms with Gasteiger partial charge in [-0.1, -0.05) is 19.3 Å². The molecule has 0 unspecified atom stereocenters. The predicted octanol–water partition coefficient (Wildman–Crippen LogP) is 1.29. The number of hydrogen-bond acceptors (Lipinski definition) is 8. The summed E-state index contributed by atoms with van der Waals surface area (Å²) in [5.74, 6) is 2.46. The van der Waals surface area contributed by atoms with E-state index in [2.05, 4.69) is 25.3 Å². The van der Waals surface area contributed by atoms with Crippen LogP contribution < -0.4 is 15.1 Å². The molecule has 1 N–H and O–H groups in total. The predicted molar refractivity (Wildman–Crippen MR) is 96.4 cm³/mol. The third-order valence-corrected chi connectivity index (χ3v) is 5.21. The largest absolute Gasteiger partial charge is 0.378 e. The first kappa shape index (κ1) is 16.8. The van der Waals surface area contributed by atoms with Gasteiger partial charge in [-0.05, 0) is 12.8 Å². The maximum Gasteiger partial charge on any atom is 0.245 e. The number of nitrogens with zero attached hydrogens (tertiary/aromatic N) is 5. The molecule has 2 saturated heterocycles. The standard InChI is InChI=1S/C17H28N6O2/c1-2-4-14(5-3-1)18-17-19-15(22-6-10-24-11-7-22)16(20-21-17)23-8-12-25-13-9-23/h14H,1-13H2,(H,18,19,21).